The van der Waals surface area contributed by atoms with Crippen LogP contribution in [0.15, 0.2) is 27.4 Å². The molecule has 19 heavy (non-hydrogen) atoms. The fraction of sp³-hybridized carbons (Fsp3) is 0.533. The van der Waals surface area contributed by atoms with Crippen LogP contribution in [0, 0.1) is 0 Å². The number of nitrogens with two attached hydrogens (primary N) is 1. The molecule has 1 aliphatic rings. The minimum atomic E-state index is -0.288. The highest BCUT2D eigenvalue weighted by molar-refractivity contribution is 5.74. The maximum Gasteiger partial charge on any atom is 0.419 e. The van der Waals surface area contributed by atoms with Gasteiger partial charge in [0.25, 0.3) is 0 Å². The molecule has 2 N–H and O–H groups in total. The minimum absolute atomic E-state index is 0.238. The van der Waals surface area contributed by atoms with Crippen LogP contribution in [0.1, 0.15) is 44.6 Å². The number of hydrogen-bond donors (Lipinski definition) is 1. The lowest BCUT2D eigenvalue weighted by molar-refractivity contribution is 0.302. The molecule has 3 rings (SSSR count). The number of aromatic nitrogens is 1. The Labute approximate surface area is 112 Å². The van der Waals surface area contributed by atoms with Gasteiger partial charge in [0.1, 0.15) is 0 Å². The van der Waals surface area contributed by atoms with Crippen molar-refractivity contribution in [1.29, 1.82) is 0 Å². The largest absolute Gasteiger partial charge is 0.419 e. The SMILES string of the molecule is CCn1c(=O)oc2ccc(C3(N)CCCCC3)cc21. The van der Waals surface area contributed by atoms with Gasteiger partial charge < -0.3 is 10.2 Å². The van der Waals surface area contributed by atoms with E-state index in [-0.39, 0.29) is 11.3 Å². The lowest BCUT2D eigenvalue weighted by atomic mass is 9.77. The van der Waals surface area contributed by atoms with Gasteiger partial charge in [-0.1, -0.05) is 25.3 Å². The van der Waals surface area contributed by atoms with E-state index in [2.05, 4.69) is 0 Å². The van der Waals surface area contributed by atoms with Gasteiger partial charge in [-0.2, -0.15) is 0 Å². The van der Waals surface area contributed by atoms with Gasteiger partial charge in [-0.15, -0.1) is 0 Å². The van der Waals surface area contributed by atoms with E-state index in [9.17, 15) is 4.79 Å². The Morgan fingerprint density at radius 1 is 1.32 bits per heavy atom. The van der Waals surface area contributed by atoms with Gasteiger partial charge in [0.2, 0.25) is 0 Å². The van der Waals surface area contributed by atoms with Crippen LogP contribution in [0.25, 0.3) is 11.1 Å². The van der Waals surface area contributed by atoms with Crippen LogP contribution in [0.2, 0.25) is 0 Å². The van der Waals surface area contributed by atoms with E-state index in [0.717, 1.165) is 23.9 Å². The molecule has 1 aliphatic carbocycles. The van der Waals surface area contributed by atoms with E-state index in [1.54, 1.807) is 4.57 Å². The summed E-state index contributed by atoms with van der Waals surface area (Å²) in [5, 5.41) is 0. The predicted octanol–water partition coefficient (Wildman–Crippen LogP) is 2.73. The van der Waals surface area contributed by atoms with Gasteiger partial charge >= 0.3 is 5.76 Å². The van der Waals surface area contributed by atoms with Gasteiger partial charge in [-0.25, -0.2) is 4.79 Å². The summed E-state index contributed by atoms with van der Waals surface area (Å²) in [5.41, 5.74) is 8.95. The fourth-order valence-electron chi connectivity index (χ4n) is 3.14. The van der Waals surface area contributed by atoms with Crippen LogP contribution in [0.4, 0.5) is 0 Å². The summed E-state index contributed by atoms with van der Waals surface area (Å²) in [6.45, 7) is 2.56. The standard InChI is InChI=1S/C15H20N2O2/c1-2-17-12-10-11(6-7-13(12)19-14(17)18)15(16)8-4-3-5-9-15/h6-7,10H,2-5,8-9,16H2,1H3. The summed E-state index contributed by atoms with van der Waals surface area (Å²) in [6.07, 6.45) is 5.67. The third kappa shape index (κ3) is 2.00. The topological polar surface area (TPSA) is 61.2 Å². The van der Waals surface area contributed by atoms with Crippen LogP contribution in [0.3, 0.4) is 0 Å². The van der Waals surface area contributed by atoms with E-state index in [1.165, 1.54) is 19.3 Å². The molecular formula is C15H20N2O2. The molecule has 0 aliphatic heterocycles. The number of benzene rings is 1. The Balaban J connectivity index is 2.12. The molecule has 2 aromatic rings. The van der Waals surface area contributed by atoms with Gasteiger partial charge in [0.15, 0.2) is 5.58 Å². The Morgan fingerprint density at radius 2 is 2.05 bits per heavy atom. The first-order valence-corrected chi connectivity index (χ1v) is 7.07. The van der Waals surface area contributed by atoms with Crippen LogP contribution in [-0.4, -0.2) is 4.57 Å². The Kier molecular flexibility index (Phi) is 2.97. The number of oxazole rings is 1. The Bertz CT molecular complexity index is 648. The molecule has 1 aromatic carbocycles. The number of hydrogen-bond acceptors (Lipinski definition) is 3. The molecule has 1 aromatic heterocycles. The zero-order chi connectivity index (χ0) is 13.5. The highest BCUT2D eigenvalue weighted by atomic mass is 16.4. The number of aryl methyl sites for hydroxylation is 1. The summed E-state index contributed by atoms with van der Waals surface area (Å²) >= 11 is 0. The smallest absolute Gasteiger partial charge is 0.408 e. The first kappa shape index (κ1) is 12.5. The molecule has 0 atom stereocenters. The van der Waals surface area contributed by atoms with Crippen molar-refractivity contribution in [3.63, 3.8) is 0 Å². The molecule has 0 spiro atoms. The number of nitrogens with zero attached hydrogens (tertiary/aromatic N) is 1. The van der Waals surface area contributed by atoms with Crippen LogP contribution in [-0.2, 0) is 12.1 Å². The van der Waals surface area contributed by atoms with Crippen molar-refractivity contribution in [2.75, 3.05) is 0 Å². The lowest BCUT2D eigenvalue weighted by Gasteiger charge is -2.34. The predicted molar refractivity (Wildman–Crippen MR) is 75.1 cm³/mol. The molecular weight excluding hydrogens is 240 g/mol. The average molecular weight is 260 g/mol. The van der Waals surface area contributed by atoms with Gasteiger partial charge in [-0.05, 0) is 37.5 Å². The van der Waals surface area contributed by atoms with Crippen molar-refractivity contribution < 1.29 is 4.42 Å². The number of fused-ring (bicyclic) bond motifs is 1. The average Bonchev–Trinajstić information content (AvgIpc) is 2.73. The maximum atomic E-state index is 11.7. The maximum absolute atomic E-state index is 11.7. The van der Waals surface area contributed by atoms with Crippen molar-refractivity contribution in [2.45, 2.75) is 51.1 Å². The summed E-state index contributed by atoms with van der Waals surface area (Å²) in [6, 6.07) is 5.92. The molecule has 4 nitrogen and oxygen atoms in total. The summed E-state index contributed by atoms with van der Waals surface area (Å²) < 4.78 is 6.89. The highest BCUT2D eigenvalue weighted by Crippen LogP contribution is 2.35. The molecule has 0 amide bonds. The van der Waals surface area contributed by atoms with E-state index in [0.29, 0.717) is 12.1 Å². The zero-order valence-electron chi connectivity index (χ0n) is 11.3. The molecule has 0 bridgehead atoms. The third-order valence-electron chi connectivity index (χ3n) is 4.30. The minimum Gasteiger partial charge on any atom is -0.408 e. The summed E-state index contributed by atoms with van der Waals surface area (Å²) in [7, 11) is 0. The van der Waals surface area contributed by atoms with Crippen LogP contribution < -0.4 is 11.5 Å². The Morgan fingerprint density at radius 3 is 2.74 bits per heavy atom. The first-order chi connectivity index (χ1) is 9.14. The normalized spacial score (nSPS) is 18.8. The molecule has 1 saturated carbocycles. The van der Waals surface area contributed by atoms with Crippen molar-refractivity contribution in [3.05, 3.63) is 34.3 Å². The lowest BCUT2D eigenvalue weighted by Crippen LogP contribution is -2.38. The molecule has 0 radical (unpaired) electrons. The van der Waals surface area contributed by atoms with Crippen molar-refractivity contribution in [1.82, 2.24) is 4.57 Å². The monoisotopic (exact) mass is 260 g/mol. The van der Waals surface area contributed by atoms with Crippen LogP contribution in [0.5, 0.6) is 0 Å². The van der Waals surface area contributed by atoms with Crippen molar-refractivity contribution in [2.24, 2.45) is 5.73 Å². The fourth-order valence-corrected chi connectivity index (χ4v) is 3.14. The quantitative estimate of drug-likeness (QED) is 0.903. The van der Waals surface area contributed by atoms with Crippen molar-refractivity contribution >= 4 is 11.1 Å². The molecule has 0 saturated heterocycles. The second-order valence-electron chi connectivity index (χ2n) is 5.51. The summed E-state index contributed by atoms with van der Waals surface area (Å²) in [5.74, 6) is -0.288. The highest BCUT2D eigenvalue weighted by Gasteiger charge is 2.29. The molecule has 4 heteroatoms. The molecule has 0 unspecified atom stereocenters. The number of rotatable bonds is 2. The van der Waals surface area contributed by atoms with E-state index in [1.807, 2.05) is 25.1 Å². The molecule has 102 valence electrons. The van der Waals surface area contributed by atoms with Gasteiger partial charge in [0.05, 0.1) is 5.52 Å². The second kappa shape index (κ2) is 4.53. The third-order valence-corrected chi connectivity index (χ3v) is 4.30. The van der Waals surface area contributed by atoms with E-state index < -0.39 is 0 Å². The Hall–Kier alpha value is -1.55. The first-order valence-electron chi connectivity index (χ1n) is 7.07. The van der Waals surface area contributed by atoms with Crippen LogP contribution >= 0.6 is 0 Å². The second-order valence-corrected chi connectivity index (χ2v) is 5.51. The van der Waals surface area contributed by atoms with Crippen molar-refractivity contribution in [3.8, 4) is 0 Å². The zero-order valence-corrected chi connectivity index (χ0v) is 11.3. The van der Waals surface area contributed by atoms with Gasteiger partial charge in [-0.3, -0.25) is 4.57 Å². The molecule has 1 heterocycles. The van der Waals surface area contributed by atoms with E-state index >= 15 is 0 Å². The van der Waals surface area contributed by atoms with Gasteiger partial charge in [0, 0.05) is 12.1 Å². The molecule has 1 fully saturated rings. The van der Waals surface area contributed by atoms with E-state index in [4.69, 9.17) is 10.2 Å². The summed E-state index contributed by atoms with van der Waals surface area (Å²) in [4.78, 5) is 11.7.